The largest absolute Gasteiger partial charge is 0.465 e. The van der Waals surface area contributed by atoms with Crippen LogP contribution in [0.4, 0.5) is 5.69 Å². The zero-order valence-corrected chi connectivity index (χ0v) is 14.0. The lowest BCUT2D eigenvalue weighted by atomic mass is 10.2. The van der Waals surface area contributed by atoms with E-state index < -0.39 is 16.0 Å². The van der Waals surface area contributed by atoms with Gasteiger partial charge in [-0.25, -0.2) is 22.9 Å². The first-order valence-electron chi connectivity index (χ1n) is 7.17. The Labute approximate surface area is 144 Å². The number of carbonyl (C=O) groups excluding carboxylic acids is 1. The normalized spacial score (nSPS) is 11.1. The molecule has 0 amide bonds. The molecule has 0 saturated carbocycles. The second-order valence-electron chi connectivity index (χ2n) is 4.98. The van der Waals surface area contributed by atoms with E-state index >= 15 is 0 Å². The Kier molecular flexibility index (Phi) is 4.48. The molecule has 0 aliphatic rings. The van der Waals surface area contributed by atoms with Crippen LogP contribution in [-0.4, -0.2) is 36.3 Å². The summed E-state index contributed by atoms with van der Waals surface area (Å²) in [7, 11) is -2.63. The van der Waals surface area contributed by atoms with Crippen molar-refractivity contribution in [3.8, 4) is 5.82 Å². The number of pyridine rings is 1. The van der Waals surface area contributed by atoms with Gasteiger partial charge in [0, 0.05) is 12.4 Å². The van der Waals surface area contributed by atoms with Gasteiger partial charge in [-0.3, -0.25) is 4.72 Å². The van der Waals surface area contributed by atoms with E-state index in [9.17, 15) is 13.2 Å². The molecule has 9 heteroatoms. The van der Waals surface area contributed by atoms with Gasteiger partial charge in [0.2, 0.25) is 0 Å². The van der Waals surface area contributed by atoms with Crippen molar-refractivity contribution in [2.75, 3.05) is 11.8 Å². The van der Waals surface area contributed by atoms with E-state index in [1.165, 1.54) is 37.6 Å². The van der Waals surface area contributed by atoms with Crippen molar-refractivity contribution in [2.45, 2.75) is 4.90 Å². The first kappa shape index (κ1) is 16.7. The number of carbonyl (C=O) groups is 1. The lowest BCUT2D eigenvalue weighted by Crippen LogP contribution is -2.14. The molecule has 0 aliphatic heterocycles. The van der Waals surface area contributed by atoms with Crippen molar-refractivity contribution in [2.24, 2.45) is 0 Å². The highest BCUT2D eigenvalue weighted by atomic mass is 32.2. The first-order chi connectivity index (χ1) is 12.0. The molecule has 0 bridgehead atoms. The molecule has 0 fully saturated rings. The summed E-state index contributed by atoms with van der Waals surface area (Å²) < 4.78 is 33.5. The number of esters is 1. The van der Waals surface area contributed by atoms with Gasteiger partial charge in [-0.1, -0.05) is 6.07 Å². The Balaban J connectivity index is 1.83. The van der Waals surface area contributed by atoms with Crippen LogP contribution in [0.1, 0.15) is 10.4 Å². The predicted octanol–water partition coefficient (Wildman–Crippen LogP) is 1.85. The molecule has 2 aromatic heterocycles. The Morgan fingerprint density at radius 1 is 1.20 bits per heavy atom. The van der Waals surface area contributed by atoms with Gasteiger partial charge in [0.15, 0.2) is 5.82 Å². The molecule has 0 radical (unpaired) electrons. The lowest BCUT2D eigenvalue weighted by molar-refractivity contribution is 0.0600. The number of nitrogens with zero attached hydrogens (tertiary/aromatic N) is 3. The van der Waals surface area contributed by atoms with Gasteiger partial charge in [0.25, 0.3) is 10.0 Å². The third kappa shape index (κ3) is 3.66. The molecule has 0 atom stereocenters. The third-order valence-corrected chi connectivity index (χ3v) is 4.68. The van der Waals surface area contributed by atoms with Crippen molar-refractivity contribution in [3.63, 3.8) is 0 Å². The molecule has 1 N–H and O–H groups in total. The smallest absolute Gasteiger partial charge is 0.337 e. The molecular weight excluding hydrogens is 344 g/mol. The van der Waals surface area contributed by atoms with Gasteiger partial charge >= 0.3 is 5.97 Å². The maximum atomic E-state index is 12.5. The average molecular weight is 358 g/mol. The summed E-state index contributed by atoms with van der Waals surface area (Å²) in [5.41, 5.74) is 0.442. The molecular formula is C16H14N4O4S. The summed E-state index contributed by atoms with van der Waals surface area (Å²) >= 11 is 0. The summed E-state index contributed by atoms with van der Waals surface area (Å²) in [4.78, 5) is 15.7. The van der Waals surface area contributed by atoms with Crippen LogP contribution in [0, 0.1) is 0 Å². The number of anilines is 1. The Morgan fingerprint density at radius 2 is 2.04 bits per heavy atom. The van der Waals surface area contributed by atoms with Crippen molar-refractivity contribution < 1.29 is 17.9 Å². The molecule has 128 valence electrons. The van der Waals surface area contributed by atoms with E-state index in [0.29, 0.717) is 11.5 Å². The number of aromatic nitrogens is 3. The fourth-order valence-electron chi connectivity index (χ4n) is 2.11. The van der Waals surface area contributed by atoms with Crippen molar-refractivity contribution in [1.82, 2.24) is 14.8 Å². The number of methoxy groups -OCH3 is 1. The van der Waals surface area contributed by atoms with Crippen molar-refractivity contribution in [3.05, 3.63) is 66.6 Å². The van der Waals surface area contributed by atoms with Gasteiger partial charge < -0.3 is 4.74 Å². The van der Waals surface area contributed by atoms with Crippen LogP contribution < -0.4 is 4.72 Å². The number of hydrogen-bond donors (Lipinski definition) is 1. The fourth-order valence-corrected chi connectivity index (χ4v) is 3.20. The van der Waals surface area contributed by atoms with E-state index in [4.69, 9.17) is 0 Å². The van der Waals surface area contributed by atoms with Gasteiger partial charge in [-0.05, 0) is 36.4 Å². The SMILES string of the molecule is COC(=O)c1cccc(S(=O)(=O)Nc2ccc(-n3cccn3)nc2)c1. The van der Waals surface area contributed by atoms with E-state index in [1.54, 1.807) is 35.3 Å². The fraction of sp³-hybridized carbons (Fsp3) is 0.0625. The summed E-state index contributed by atoms with van der Waals surface area (Å²) in [6, 6.07) is 10.6. The van der Waals surface area contributed by atoms with Crippen LogP contribution in [0.25, 0.3) is 5.82 Å². The molecule has 3 aromatic rings. The number of sulfonamides is 1. The zero-order chi connectivity index (χ0) is 17.9. The number of benzene rings is 1. The average Bonchev–Trinajstić information content (AvgIpc) is 3.16. The molecule has 3 rings (SSSR count). The van der Waals surface area contributed by atoms with Crippen LogP contribution in [0.5, 0.6) is 0 Å². The second-order valence-corrected chi connectivity index (χ2v) is 6.66. The standard InChI is InChI=1S/C16H14N4O4S/c1-24-16(21)12-4-2-5-14(10-12)25(22,23)19-13-6-7-15(17-11-13)20-9-3-8-18-20/h2-11,19H,1H3. The Bertz CT molecular complexity index is 983. The van der Waals surface area contributed by atoms with Crippen LogP contribution in [0.3, 0.4) is 0 Å². The maximum absolute atomic E-state index is 12.5. The molecule has 8 nitrogen and oxygen atoms in total. The first-order valence-corrected chi connectivity index (χ1v) is 8.65. The Hall–Kier alpha value is -3.20. The molecule has 1 aromatic carbocycles. The van der Waals surface area contributed by atoms with Crippen LogP contribution in [0.15, 0.2) is 66.0 Å². The molecule has 25 heavy (non-hydrogen) atoms. The summed E-state index contributed by atoms with van der Waals surface area (Å²) in [5.74, 6) is -0.0528. The predicted molar refractivity (Wildman–Crippen MR) is 89.9 cm³/mol. The highest BCUT2D eigenvalue weighted by Crippen LogP contribution is 2.18. The third-order valence-electron chi connectivity index (χ3n) is 3.30. The minimum absolute atomic E-state index is 0.0495. The molecule has 0 spiro atoms. The summed E-state index contributed by atoms with van der Waals surface area (Å²) in [6.45, 7) is 0. The Morgan fingerprint density at radius 3 is 2.68 bits per heavy atom. The number of rotatable bonds is 5. The highest BCUT2D eigenvalue weighted by molar-refractivity contribution is 7.92. The molecule has 0 unspecified atom stereocenters. The number of hydrogen-bond acceptors (Lipinski definition) is 6. The maximum Gasteiger partial charge on any atom is 0.337 e. The summed E-state index contributed by atoms with van der Waals surface area (Å²) in [5, 5.41) is 4.04. The van der Waals surface area contributed by atoms with Crippen LogP contribution in [0.2, 0.25) is 0 Å². The number of nitrogens with one attached hydrogen (secondary N) is 1. The quantitative estimate of drug-likeness (QED) is 0.698. The lowest BCUT2D eigenvalue weighted by Gasteiger charge is -2.09. The van der Waals surface area contributed by atoms with E-state index in [2.05, 4.69) is 19.5 Å². The van der Waals surface area contributed by atoms with Crippen molar-refractivity contribution >= 4 is 21.7 Å². The van der Waals surface area contributed by atoms with Crippen LogP contribution in [-0.2, 0) is 14.8 Å². The molecule has 2 heterocycles. The van der Waals surface area contributed by atoms with E-state index in [1.807, 2.05) is 0 Å². The summed E-state index contributed by atoms with van der Waals surface area (Å²) in [6.07, 6.45) is 4.73. The highest BCUT2D eigenvalue weighted by Gasteiger charge is 2.17. The molecule has 0 aliphatic carbocycles. The van der Waals surface area contributed by atoms with E-state index in [-0.39, 0.29) is 10.5 Å². The van der Waals surface area contributed by atoms with E-state index in [0.717, 1.165) is 0 Å². The topological polar surface area (TPSA) is 103 Å². The second kappa shape index (κ2) is 6.73. The number of ether oxygens (including phenoxy) is 1. The van der Waals surface area contributed by atoms with Crippen molar-refractivity contribution in [1.29, 1.82) is 0 Å². The van der Waals surface area contributed by atoms with Gasteiger partial charge in [-0.2, -0.15) is 5.10 Å². The monoisotopic (exact) mass is 358 g/mol. The minimum Gasteiger partial charge on any atom is -0.465 e. The van der Waals surface area contributed by atoms with Gasteiger partial charge in [-0.15, -0.1) is 0 Å². The van der Waals surface area contributed by atoms with Crippen LogP contribution >= 0.6 is 0 Å². The van der Waals surface area contributed by atoms with Gasteiger partial charge in [0.1, 0.15) is 0 Å². The molecule has 0 saturated heterocycles. The minimum atomic E-state index is -3.86. The zero-order valence-electron chi connectivity index (χ0n) is 13.2. The van der Waals surface area contributed by atoms with Gasteiger partial charge in [0.05, 0.1) is 29.5 Å².